The molecule has 2 nitrogen and oxygen atoms in total. The number of fused-ring (bicyclic) bond motifs is 3. The van der Waals surface area contributed by atoms with E-state index in [0.29, 0.717) is 13.0 Å². The van der Waals surface area contributed by atoms with Crippen LogP contribution in [0, 0.1) is 0 Å². The largest absolute Gasteiger partial charge is 0.464 e. The first-order chi connectivity index (χ1) is 15.8. The van der Waals surface area contributed by atoms with Gasteiger partial charge in [0.1, 0.15) is 12.0 Å². The summed E-state index contributed by atoms with van der Waals surface area (Å²) in [5, 5.41) is 0. The topological polar surface area (TPSA) is 26.3 Å². The second-order valence-corrected chi connectivity index (χ2v) is 8.32. The van der Waals surface area contributed by atoms with Gasteiger partial charge in [-0.05, 0) is 39.8 Å². The lowest BCUT2D eigenvalue weighted by Gasteiger charge is -2.32. The van der Waals surface area contributed by atoms with Crippen LogP contribution in [0.3, 0.4) is 0 Å². The van der Waals surface area contributed by atoms with Gasteiger partial charge in [-0.25, -0.2) is 0 Å². The van der Waals surface area contributed by atoms with E-state index in [2.05, 4.69) is 55.5 Å². The number of hydrogen-bond donors (Lipinski definition) is 0. The van der Waals surface area contributed by atoms with Crippen LogP contribution in [0.4, 0.5) is 0 Å². The van der Waals surface area contributed by atoms with Gasteiger partial charge >= 0.3 is 5.97 Å². The lowest BCUT2D eigenvalue weighted by atomic mass is 9.72. The molecule has 0 heterocycles. The van der Waals surface area contributed by atoms with Gasteiger partial charge in [-0.3, -0.25) is 4.79 Å². The second-order valence-electron chi connectivity index (χ2n) is 8.32. The van der Waals surface area contributed by atoms with Crippen LogP contribution in [0.1, 0.15) is 41.5 Å². The zero-order valence-electron chi connectivity index (χ0n) is 18.2. The first-order valence-electron chi connectivity index (χ1n) is 11.2. The standard InChI is InChI=1S/C30H26O2/c1-2-30(22-13-5-3-6-14-22,23-15-7-4-8-16-23)29(31)32-21-28-26-19-11-9-17-24(26)25-18-10-12-20-27(25)28/h3-20,28H,2,21H2,1H3. The maximum atomic E-state index is 13.9. The van der Waals surface area contributed by atoms with Gasteiger partial charge in [0.25, 0.3) is 0 Å². The molecule has 0 amide bonds. The van der Waals surface area contributed by atoms with Crippen molar-refractivity contribution in [2.75, 3.05) is 6.61 Å². The van der Waals surface area contributed by atoms with Crippen LogP contribution in [0.15, 0.2) is 109 Å². The number of hydrogen-bond acceptors (Lipinski definition) is 2. The lowest BCUT2D eigenvalue weighted by Crippen LogP contribution is -2.38. The molecule has 0 atom stereocenters. The normalized spacial score (nSPS) is 12.8. The molecule has 0 fully saturated rings. The summed E-state index contributed by atoms with van der Waals surface area (Å²) in [6.45, 7) is 2.38. The Bertz CT molecular complexity index is 1140. The van der Waals surface area contributed by atoms with Crippen LogP contribution in [-0.4, -0.2) is 12.6 Å². The van der Waals surface area contributed by atoms with Crippen molar-refractivity contribution in [3.05, 3.63) is 131 Å². The van der Waals surface area contributed by atoms with Crippen LogP contribution in [0.25, 0.3) is 11.1 Å². The summed E-state index contributed by atoms with van der Waals surface area (Å²) in [5.41, 5.74) is 6.01. The molecule has 5 rings (SSSR count). The lowest BCUT2D eigenvalue weighted by molar-refractivity contribution is -0.149. The fourth-order valence-corrected chi connectivity index (χ4v) is 5.12. The quantitative estimate of drug-likeness (QED) is 0.324. The number of esters is 1. The highest BCUT2D eigenvalue weighted by Gasteiger charge is 2.42. The predicted octanol–water partition coefficient (Wildman–Crippen LogP) is 6.74. The van der Waals surface area contributed by atoms with Crippen molar-refractivity contribution < 1.29 is 9.53 Å². The van der Waals surface area contributed by atoms with E-state index < -0.39 is 5.41 Å². The number of ether oxygens (including phenoxy) is 1. The third-order valence-corrected chi connectivity index (χ3v) is 6.76. The van der Waals surface area contributed by atoms with E-state index in [1.54, 1.807) is 0 Å². The second kappa shape index (κ2) is 8.47. The van der Waals surface area contributed by atoms with Crippen LogP contribution < -0.4 is 0 Å². The number of benzene rings is 4. The maximum Gasteiger partial charge on any atom is 0.321 e. The smallest absolute Gasteiger partial charge is 0.321 e. The van der Waals surface area contributed by atoms with Crippen LogP contribution in [0.5, 0.6) is 0 Å². The summed E-state index contributed by atoms with van der Waals surface area (Å²) in [4.78, 5) is 13.9. The average molecular weight is 419 g/mol. The molecule has 0 N–H and O–H groups in total. The minimum Gasteiger partial charge on any atom is -0.464 e. The summed E-state index contributed by atoms with van der Waals surface area (Å²) in [7, 11) is 0. The fraction of sp³-hybridized carbons (Fsp3) is 0.167. The van der Waals surface area contributed by atoms with E-state index >= 15 is 0 Å². The number of rotatable bonds is 6. The Morgan fingerprint density at radius 2 is 1.12 bits per heavy atom. The van der Waals surface area contributed by atoms with Gasteiger partial charge in [0.05, 0.1) is 0 Å². The van der Waals surface area contributed by atoms with Crippen molar-refractivity contribution in [1.29, 1.82) is 0 Å². The first kappa shape index (κ1) is 20.3. The van der Waals surface area contributed by atoms with Crippen LogP contribution in [-0.2, 0) is 14.9 Å². The van der Waals surface area contributed by atoms with Crippen molar-refractivity contribution in [2.45, 2.75) is 24.7 Å². The minimum atomic E-state index is -0.833. The first-order valence-corrected chi connectivity index (χ1v) is 11.2. The van der Waals surface area contributed by atoms with E-state index in [1.165, 1.54) is 22.3 Å². The van der Waals surface area contributed by atoms with Gasteiger partial charge in [-0.2, -0.15) is 0 Å². The molecule has 158 valence electrons. The van der Waals surface area contributed by atoms with E-state index in [4.69, 9.17) is 4.74 Å². The monoisotopic (exact) mass is 418 g/mol. The Morgan fingerprint density at radius 1 is 0.688 bits per heavy atom. The molecule has 4 aromatic rings. The molecule has 0 spiro atoms. The van der Waals surface area contributed by atoms with Crippen LogP contribution >= 0.6 is 0 Å². The third-order valence-electron chi connectivity index (χ3n) is 6.76. The highest BCUT2D eigenvalue weighted by atomic mass is 16.5. The molecule has 2 heteroatoms. The predicted molar refractivity (Wildman–Crippen MR) is 129 cm³/mol. The molecule has 0 saturated carbocycles. The van der Waals surface area contributed by atoms with E-state index in [-0.39, 0.29) is 11.9 Å². The molecule has 0 radical (unpaired) electrons. The molecule has 0 unspecified atom stereocenters. The molecule has 0 aliphatic heterocycles. The summed E-state index contributed by atoms with van der Waals surface area (Å²) in [5.74, 6) is -0.147. The number of carbonyl (C=O) groups is 1. The molecule has 0 aromatic heterocycles. The zero-order chi connectivity index (χ0) is 22.0. The Balaban J connectivity index is 1.51. The third kappa shape index (κ3) is 3.23. The molecule has 1 aliphatic carbocycles. The van der Waals surface area contributed by atoms with Gasteiger partial charge in [-0.1, -0.05) is 116 Å². The van der Waals surface area contributed by atoms with Crippen molar-refractivity contribution >= 4 is 5.97 Å². The minimum absolute atomic E-state index is 0.0486. The van der Waals surface area contributed by atoms with E-state index in [9.17, 15) is 4.79 Å². The SMILES string of the molecule is CCC(C(=O)OCC1c2ccccc2-c2ccccc21)(c1ccccc1)c1ccccc1. The highest BCUT2D eigenvalue weighted by molar-refractivity contribution is 5.88. The summed E-state index contributed by atoms with van der Waals surface area (Å²) < 4.78 is 6.17. The molecular formula is C30H26O2. The Hall–Kier alpha value is -3.65. The maximum absolute atomic E-state index is 13.9. The number of carbonyl (C=O) groups excluding carboxylic acids is 1. The van der Waals surface area contributed by atoms with Gasteiger partial charge in [0.2, 0.25) is 0 Å². The Morgan fingerprint density at radius 3 is 1.59 bits per heavy atom. The van der Waals surface area contributed by atoms with E-state index in [0.717, 1.165) is 11.1 Å². The van der Waals surface area contributed by atoms with Crippen molar-refractivity contribution in [3.8, 4) is 11.1 Å². The molecule has 0 saturated heterocycles. The fourth-order valence-electron chi connectivity index (χ4n) is 5.12. The highest BCUT2D eigenvalue weighted by Crippen LogP contribution is 2.45. The average Bonchev–Trinajstić information content (AvgIpc) is 3.19. The summed E-state index contributed by atoms with van der Waals surface area (Å²) >= 11 is 0. The van der Waals surface area contributed by atoms with Gasteiger partial charge in [0.15, 0.2) is 0 Å². The molecule has 32 heavy (non-hydrogen) atoms. The molecule has 4 aromatic carbocycles. The van der Waals surface area contributed by atoms with Gasteiger partial charge in [-0.15, -0.1) is 0 Å². The zero-order valence-corrected chi connectivity index (χ0v) is 18.2. The Kier molecular flexibility index (Phi) is 5.36. The molecule has 1 aliphatic rings. The van der Waals surface area contributed by atoms with Crippen LogP contribution in [0.2, 0.25) is 0 Å². The molecular weight excluding hydrogens is 392 g/mol. The summed E-state index contributed by atoms with van der Waals surface area (Å²) in [6.07, 6.45) is 0.623. The Labute approximate surface area is 189 Å². The molecule has 0 bridgehead atoms. The van der Waals surface area contributed by atoms with Gasteiger partial charge in [0, 0.05) is 5.92 Å². The van der Waals surface area contributed by atoms with Gasteiger partial charge < -0.3 is 4.74 Å². The van der Waals surface area contributed by atoms with Crippen molar-refractivity contribution in [3.63, 3.8) is 0 Å². The summed E-state index contributed by atoms with van der Waals surface area (Å²) in [6, 6.07) is 36.9. The van der Waals surface area contributed by atoms with E-state index in [1.807, 2.05) is 60.7 Å². The van der Waals surface area contributed by atoms with Crippen molar-refractivity contribution in [1.82, 2.24) is 0 Å². The van der Waals surface area contributed by atoms with Crippen molar-refractivity contribution in [2.24, 2.45) is 0 Å².